The van der Waals surface area contributed by atoms with Gasteiger partial charge in [0.1, 0.15) is 18.0 Å². The van der Waals surface area contributed by atoms with Gasteiger partial charge < -0.3 is 10.6 Å². The van der Waals surface area contributed by atoms with E-state index in [1.54, 1.807) is 6.33 Å². The molecule has 0 bridgehead atoms. The molecule has 3 rings (SSSR count). The molecule has 4 heteroatoms. The van der Waals surface area contributed by atoms with Gasteiger partial charge in [-0.15, -0.1) is 0 Å². The molecule has 1 aliphatic rings. The average Bonchev–Trinajstić information content (AvgIpc) is 2.89. The summed E-state index contributed by atoms with van der Waals surface area (Å²) in [4.78, 5) is 8.71. The Hall–Kier alpha value is -2.10. The van der Waals surface area contributed by atoms with Crippen molar-refractivity contribution < 1.29 is 0 Å². The summed E-state index contributed by atoms with van der Waals surface area (Å²) in [6.45, 7) is 0.925. The fourth-order valence-electron chi connectivity index (χ4n) is 3.32. The number of aromatic nitrogens is 2. The molecule has 1 fully saturated rings. The zero-order chi connectivity index (χ0) is 16.5. The maximum Gasteiger partial charge on any atom is 0.131 e. The van der Waals surface area contributed by atoms with E-state index in [2.05, 4.69) is 50.9 Å². The number of hydrogen-bond acceptors (Lipinski definition) is 4. The van der Waals surface area contributed by atoms with E-state index >= 15 is 0 Å². The molecule has 1 heterocycles. The van der Waals surface area contributed by atoms with Gasteiger partial charge in [-0.25, -0.2) is 9.97 Å². The topological polar surface area (TPSA) is 49.8 Å². The van der Waals surface area contributed by atoms with Crippen molar-refractivity contribution in [3.63, 3.8) is 0 Å². The van der Waals surface area contributed by atoms with Crippen molar-refractivity contribution in [2.24, 2.45) is 0 Å². The zero-order valence-corrected chi connectivity index (χ0v) is 14.4. The molecule has 1 aromatic heterocycles. The van der Waals surface area contributed by atoms with Gasteiger partial charge in [0, 0.05) is 18.7 Å². The molecule has 0 spiro atoms. The number of aryl methyl sites for hydroxylation is 1. The fourth-order valence-corrected chi connectivity index (χ4v) is 3.32. The van der Waals surface area contributed by atoms with Crippen LogP contribution in [-0.4, -0.2) is 22.6 Å². The molecule has 0 radical (unpaired) electrons. The molecule has 1 aliphatic carbocycles. The summed E-state index contributed by atoms with van der Waals surface area (Å²) >= 11 is 0. The predicted octanol–water partition coefficient (Wildman–Crippen LogP) is 4.66. The molecule has 1 aromatic carbocycles. The average molecular weight is 324 g/mol. The molecule has 2 aromatic rings. The smallest absolute Gasteiger partial charge is 0.131 e. The van der Waals surface area contributed by atoms with Crippen LogP contribution in [0.2, 0.25) is 0 Å². The first kappa shape index (κ1) is 16.7. The number of benzene rings is 1. The highest BCUT2D eigenvalue weighted by Crippen LogP contribution is 2.21. The minimum atomic E-state index is 0.563. The van der Waals surface area contributed by atoms with E-state index in [1.807, 2.05) is 6.07 Å². The molecule has 128 valence electrons. The number of nitrogens with one attached hydrogen (secondary N) is 2. The molecule has 2 N–H and O–H groups in total. The van der Waals surface area contributed by atoms with Gasteiger partial charge in [-0.05, 0) is 31.2 Å². The predicted molar refractivity (Wildman–Crippen MR) is 100 cm³/mol. The molecule has 24 heavy (non-hydrogen) atoms. The molecule has 0 atom stereocenters. The van der Waals surface area contributed by atoms with Crippen molar-refractivity contribution in [2.75, 3.05) is 17.2 Å². The number of nitrogens with zero attached hydrogens (tertiary/aromatic N) is 2. The lowest BCUT2D eigenvalue weighted by atomic mass is 10.1. The van der Waals surface area contributed by atoms with Crippen LogP contribution in [0.1, 0.15) is 50.5 Å². The third-order valence-corrected chi connectivity index (χ3v) is 4.67. The van der Waals surface area contributed by atoms with Crippen LogP contribution < -0.4 is 10.6 Å². The molecule has 0 saturated heterocycles. The van der Waals surface area contributed by atoms with E-state index in [0.717, 1.165) is 31.0 Å². The molecular weight excluding hydrogens is 296 g/mol. The summed E-state index contributed by atoms with van der Waals surface area (Å²) < 4.78 is 0. The van der Waals surface area contributed by atoms with E-state index in [1.165, 1.54) is 44.1 Å². The summed E-state index contributed by atoms with van der Waals surface area (Å²) in [6.07, 6.45) is 11.7. The Labute approximate surface area is 145 Å². The third kappa shape index (κ3) is 5.52. The summed E-state index contributed by atoms with van der Waals surface area (Å²) in [5.41, 5.74) is 1.39. The van der Waals surface area contributed by atoms with Gasteiger partial charge in [0.15, 0.2) is 0 Å². The lowest BCUT2D eigenvalue weighted by Gasteiger charge is -2.17. The van der Waals surface area contributed by atoms with Crippen molar-refractivity contribution in [2.45, 2.75) is 57.4 Å². The van der Waals surface area contributed by atoms with Crippen LogP contribution in [0.4, 0.5) is 11.6 Å². The minimum absolute atomic E-state index is 0.563. The fraction of sp³-hybridized carbons (Fsp3) is 0.500. The van der Waals surface area contributed by atoms with Crippen LogP contribution in [0.5, 0.6) is 0 Å². The molecular formula is C20H28N4. The summed E-state index contributed by atoms with van der Waals surface area (Å²) in [6, 6.07) is 13.2. The Morgan fingerprint density at radius 3 is 2.46 bits per heavy atom. The van der Waals surface area contributed by atoms with Crippen molar-refractivity contribution in [3.05, 3.63) is 48.3 Å². The van der Waals surface area contributed by atoms with Crippen molar-refractivity contribution >= 4 is 11.6 Å². The molecule has 4 nitrogen and oxygen atoms in total. The summed E-state index contributed by atoms with van der Waals surface area (Å²) in [7, 11) is 0. The van der Waals surface area contributed by atoms with Crippen LogP contribution >= 0.6 is 0 Å². The Morgan fingerprint density at radius 2 is 1.67 bits per heavy atom. The summed E-state index contributed by atoms with van der Waals surface area (Å²) in [5, 5.41) is 7.00. The first-order valence-corrected chi connectivity index (χ1v) is 9.26. The molecule has 0 amide bonds. The first-order chi connectivity index (χ1) is 11.9. The van der Waals surface area contributed by atoms with Crippen LogP contribution in [-0.2, 0) is 6.42 Å². The van der Waals surface area contributed by atoms with Gasteiger partial charge in [-0.2, -0.15) is 0 Å². The molecule has 0 aliphatic heterocycles. The molecule has 0 unspecified atom stereocenters. The monoisotopic (exact) mass is 324 g/mol. The number of hydrogen-bond donors (Lipinski definition) is 2. The van der Waals surface area contributed by atoms with E-state index in [9.17, 15) is 0 Å². The van der Waals surface area contributed by atoms with E-state index in [4.69, 9.17) is 0 Å². The van der Waals surface area contributed by atoms with E-state index < -0.39 is 0 Å². The van der Waals surface area contributed by atoms with Crippen molar-refractivity contribution in [1.29, 1.82) is 0 Å². The summed E-state index contributed by atoms with van der Waals surface area (Å²) in [5.74, 6) is 1.86. The standard InChI is InChI=1S/C20H28N4/c1-2-7-13-18(12-6-1)24-20-15-19(22-16-23-20)21-14-8-11-17-9-4-3-5-10-17/h3-5,9-10,15-16,18H,1-2,6-8,11-14H2,(H2,21,22,23,24). The Morgan fingerprint density at radius 1 is 0.917 bits per heavy atom. The largest absolute Gasteiger partial charge is 0.370 e. The van der Waals surface area contributed by atoms with Gasteiger partial charge in [-0.1, -0.05) is 56.0 Å². The highest BCUT2D eigenvalue weighted by molar-refractivity contribution is 5.46. The van der Waals surface area contributed by atoms with Gasteiger partial charge in [0.2, 0.25) is 0 Å². The third-order valence-electron chi connectivity index (χ3n) is 4.67. The van der Waals surface area contributed by atoms with E-state index in [-0.39, 0.29) is 0 Å². The SMILES string of the molecule is c1ccc(CCCNc2cc(NC3CCCCCC3)ncn2)cc1. The van der Waals surface area contributed by atoms with Crippen molar-refractivity contribution in [3.8, 4) is 0 Å². The molecule has 1 saturated carbocycles. The second kappa shape index (κ2) is 9.26. The first-order valence-electron chi connectivity index (χ1n) is 9.26. The number of rotatable bonds is 7. The minimum Gasteiger partial charge on any atom is -0.370 e. The Kier molecular flexibility index (Phi) is 6.46. The Bertz CT molecular complexity index is 592. The second-order valence-corrected chi connectivity index (χ2v) is 6.64. The maximum atomic E-state index is 4.38. The van der Waals surface area contributed by atoms with Crippen molar-refractivity contribution in [1.82, 2.24) is 9.97 Å². The lowest BCUT2D eigenvalue weighted by Crippen LogP contribution is -2.19. The maximum absolute atomic E-state index is 4.38. The highest BCUT2D eigenvalue weighted by Gasteiger charge is 2.12. The zero-order valence-electron chi connectivity index (χ0n) is 14.4. The van der Waals surface area contributed by atoms with Gasteiger partial charge in [0.05, 0.1) is 0 Å². The quantitative estimate of drug-likeness (QED) is 0.574. The van der Waals surface area contributed by atoms with E-state index in [0.29, 0.717) is 6.04 Å². The number of anilines is 2. The van der Waals surface area contributed by atoms with Crippen LogP contribution in [0, 0.1) is 0 Å². The Balaban J connectivity index is 1.44. The highest BCUT2D eigenvalue weighted by atomic mass is 15.1. The van der Waals surface area contributed by atoms with Gasteiger partial charge in [-0.3, -0.25) is 0 Å². The van der Waals surface area contributed by atoms with Crippen LogP contribution in [0.3, 0.4) is 0 Å². The van der Waals surface area contributed by atoms with Gasteiger partial charge >= 0.3 is 0 Å². The lowest BCUT2D eigenvalue weighted by molar-refractivity contribution is 0.617. The normalized spacial score (nSPS) is 15.7. The van der Waals surface area contributed by atoms with Gasteiger partial charge in [0.25, 0.3) is 0 Å². The van der Waals surface area contributed by atoms with Crippen LogP contribution in [0.25, 0.3) is 0 Å². The second-order valence-electron chi connectivity index (χ2n) is 6.64. The van der Waals surface area contributed by atoms with Crippen LogP contribution in [0.15, 0.2) is 42.7 Å².